The summed E-state index contributed by atoms with van der Waals surface area (Å²) in [4.78, 5) is 0. The van der Waals surface area contributed by atoms with Crippen molar-refractivity contribution < 1.29 is 5.11 Å². The van der Waals surface area contributed by atoms with Gasteiger partial charge in [0.05, 0.1) is 6.61 Å². The Bertz CT molecular complexity index is 910. The van der Waals surface area contributed by atoms with Crippen LogP contribution in [0.2, 0.25) is 0 Å². The molecule has 0 aromatic heterocycles. The van der Waals surface area contributed by atoms with Crippen molar-refractivity contribution in [3.05, 3.63) is 0 Å². The van der Waals surface area contributed by atoms with Crippen LogP contribution < -0.4 is 0 Å². The zero-order chi connectivity index (χ0) is 127. The van der Waals surface area contributed by atoms with Crippen molar-refractivity contribution in [1.82, 2.24) is 0 Å². The smallest absolute Gasteiger partial charge is 0.213 e. The van der Waals surface area contributed by atoms with Gasteiger partial charge in [-0.3, -0.25) is 0 Å². The number of hydrogen-bond donors (Lipinski definition) is 1. The second-order valence-electron chi connectivity index (χ2n) is 9.19. The van der Waals surface area contributed by atoms with Gasteiger partial charge in [-0.25, -0.2) is 0 Å². The van der Waals surface area contributed by atoms with Crippen LogP contribution in [-0.4, -0.2) is 162 Å². The summed E-state index contributed by atoms with van der Waals surface area (Å²) in [5.74, 6) is 0. The van der Waals surface area contributed by atoms with Crippen LogP contribution in [0, 0.1) is 0 Å². The Labute approximate surface area is 1350 Å². The maximum absolute atomic E-state index is 8.01. The fourth-order valence-corrected chi connectivity index (χ4v) is 0. The molecule has 0 aliphatic carbocycles. The molecule has 142 heavy (non-hydrogen) atoms. The molecule has 0 amide bonds. The molecule has 1 nitrogen and oxygen atoms in total. The Kier molecular flexibility index (Phi) is 484. The first kappa shape index (κ1) is 268. The van der Waals surface area contributed by atoms with E-state index in [1.54, 1.807) is 0 Å². The van der Waals surface area contributed by atoms with Gasteiger partial charge in [0, 0.05) is 0 Å². The molecule has 0 unspecified atom stereocenters. The van der Waals surface area contributed by atoms with Crippen LogP contribution >= 0.6 is 1220 Å². The minimum Gasteiger partial charge on any atom is -0.392 e. The molecule has 0 saturated carbocycles. The van der Waals surface area contributed by atoms with Crippen molar-refractivity contribution in [3.8, 4) is 0 Å². The first-order valence-electron chi connectivity index (χ1n) is 23.5. The second kappa shape index (κ2) is 256. The lowest BCUT2D eigenvalue weighted by molar-refractivity contribution is 0.303. The highest BCUT2D eigenvalue weighted by Gasteiger charge is 2.16. The third-order valence-corrected chi connectivity index (χ3v) is 0.538. The molecule has 0 aromatic rings. The fourth-order valence-electron chi connectivity index (χ4n) is 0. The molecular weight excluding hydrogens is 4170 g/mol. The van der Waals surface area contributed by atoms with Crippen LogP contribution in [0.4, 0.5) is 0 Å². The average Bonchev–Trinajstić information content (AvgIpc) is 1.03. The minimum atomic E-state index is -1.49. The van der Waals surface area contributed by atoms with E-state index in [-0.39, 0.29) is 0 Å². The summed E-state index contributed by atoms with van der Waals surface area (Å²) >= 11 is 505. The Morgan fingerprint density at radius 2 is 0.0845 bits per heavy atom. The van der Waals surface area contributed by atoms with Gasteiger partial charge in [0.1, 0.15) is 0 Å². The van der Waals surface area contributed by atoms with Crippen LogP contribution in [0.25, 0.3) is 0 Å². The standard InChI is InChI=1S/C2H3Cl3O.34CHCl3/c3-2(4,5)1-6;34*2-1(3)4/h6H,1H2;34*1H. The van der Waals surface area contributed by atoms with Gasteiger partial charge in [0.2, 0.25) is 3.79 Å². The molecule has 1 N–H and O–H groups in total. The molecular formula is C36H37Cl105O. The first-order chi connectivity index (χ1) is 61.5. The molecule has 0 radical (unpaired) electrons. The Morgan fingerprint density at radius 3 is 0.0845 bits per heavy atom. The SMILES string of the molecule is ClC(Cl)Cl.ClC(Cl)Cl.ClC(Cl)Cl.ClC(Cl)Cl.ClC(Cl)Cl.ClC(Cl)Cl.ClC(Cl)Cl.ClC(Cl)Cl.ClC(Cl)Cl.ClC(Cl)Cl.ClC(Cl)Cl.ClC(Cl)Cl.ClC(Cl)Cl.ClC(Cl)Cl.ClC(Cl)Cl.ClC(Cl)Cl.ClC(Cl)Cl.ClC(Cl)Cl.ClC(Cl)Cl.ClC(Cl)Cl.ClC(Cl)Cl.ClC(Cl)Cl.ClC(Cl)Cl.ClC(Cl)Cl.ClC(Cl)Cl.ClC(Cl)Cl.ClC(Cl)Cl.ClC(Cl)Cl.ClC(Cl)Cl.ClC(Cl)Cl.ClC(Cl)Cl.ClC(Cl)Cl.ClC(Cl)Cl.ClC(Cl)Cl.OCC(Cl)(Cl)Cl. The van der Waals surface area contributed by atoms with Crippen molar-refractivity contribution in [3.63, 3.8) is 0 Å². The predicted molar refractivity (Wildman–Crippen MR) is 753 cm³/mol. The van der Waals surface area contributed by atoms with E-state index in [2.05, 4.69) is 0 Å². The first-order valence-corrected chi connectivity index (χ1v) is 69.1. The van der Waals surface area contributed by atoms with Crippen molar-refractivity contribution in [2.24, 2.45) is 0 Å². The predicted octanol–water partition coefficient (Wildman–Crippen LogP) is 68.9. The average molecular weight is 4210 g/mol. The monoisotopic (exact) mass is 4160 g/mol. The van der Waals surface area contributed by atoms with Gasteiger partial charge in [-0.05, 0) is 0 Å². The lowest BCUT2D eigenvalue weighted by Crippen LogP contribution is -2.06. The minimum absolute atomic E-state index is 0.433. The van der Waals surface area contributed by atoms with Gasteiger partial charge in [-0.15, -0.1) is 0 Å². The third kappa shape index (κ3) is 4380. The van der Waals surface area contributed by atoms with E-state index in [9.17, 15) is 0 Å². The molecule has 0 bridgehead atoms. The van der Waals surface area contributed by atoms with Crippen LogP contribution in [0.15, 0.2) is 0 Å². The lowest BCUT2D eigenvalue weighted by Gasteiger charge is -2.01. The normalized spacial score (nSPS) is 9.13. The Balaban J connectivity index is -0.0000000252. The van der Waals surface area contributed by atoms with E-state index in [4.69, 9.17) is 1220 Å². The molecule has 0 rings (SSSR count). The van der Waals surface area contributed by atoms with Crippen molar-refractivity contribution in [2.75, 3.05) is 6.61 Å². The summed E-state index contributed by atoms with van der Waals surface area (Å²) in [6, 6.07) is 0. The highest BCUT2D eigenvalue weighted by Crippen LogP contribution is 2.24. The highest BCUT2D eigenvalue weighted by atomic mass is 35.7. The van der Waals surface area contributed by atoms with Crippen LogP contribution in [0.1, 0.15) is 0 Å². The third-order valence-electron chi connectivity index (χ3n) is 0.179. The van der Waals surface area contributed by atoms with Crippen LogP contribution in [-0.2, 0) is 0 Å². The molecule has 106 heteroatoms. The molecule has 0 heterocycles. The van der Waals surface area contributed by atoms with E-state index in [0.717, 1.165) is 0 Å². The van der Waals surface area contributed by atoms with E-state index < -0.39 is 156 Å². The molecule has 0 atom stereocenters. The summed E-state index contributed by atoms with van der Waals surface area (Å²) in [5, 5.41) is 8.01. The molecule has 0 aromatic carbocycles. The molecule has 0 aliphatic heterocycles. The molecule has 0 aliphatic rings. The zero-order valence-corrected chi connectivity index (χ0v) is 140. The fraction of sp³-hybridized carbons (Fsp3) is 1.00. The van der Waals surface area contributed by atoms with E-state index in [1.165, 1.54) is 0 Å². The number of aliphatic hydroxyl groups excluding tert-OH is 1. The second-order valence-corrected chi connectivity index (χ2v) is 79.0. The molecule has 0 fully saturated rings. The lowest BCUT2D eigenvalue weighted by atomic mass is 10.9. The van der Waals surface area contributed by atoms with Crippen LogP contribution in [0.5, 0.6) is 0 Å². The summed E-state index contributed by atoms with van der Waals surface area (Å²) in [6.07, 6.45) is 0. The van der Waals surface area contributed by atoms with Crippen LogP contribution in [0.3, 0.4) is 0 Å². The summed E-state index contributed by atoms with van der Waals surface area (Å²) in [5.41, 5.74) is 0. The summed E-state index contributed by atoms with van der Waals surface area (Å²) in [6.45, 7) is -0.433. The van der Waals surface area contributed by atoms with Crippen molar-refractivity contribution in [2.45, 2.75) is 150 Å². The largest absolute Gasteiger partial charge is 0.392 e. The van der Waals surface area contributed by atoms with Gasteiger partial charge in [-0.1, -0.05) is 1220 Å². The van der Waals surface area contributed by atoms with Gasteiger partial charge in [0.25, 0.3) is 0 Å². The number of aliphatic hydroxyl groups is 1. The van der Waals surface area contributed by atoms with E-state index in [0.29, 0.717) is 0 Å². The van der Waals surface area contributed by atoms with E-state index in [1.807, 2.05) is 0 Å². The van der Waals surface area contributed by atoms with Gasteiger partial charge in [0.15, 0.2) is 146 Å². The quantitative estimate of drug-likeness (QED) is 0.240. The van der Waals surface area contributed by atoms with Gasteiger partial charge < -0.3 is 5.11 Å². The van der Waals surface area contributed by atoms with Gasteiger partial charge in [-0.2, -0.15) is 0 Å². The Morgan fingerprint density at radius 1 is 0.0775 bits per heavy atom. The maximum atomic E-state index is 8.01. The number of hydrogen-bond acceptors (Lipinski definition) is 1. The molecule has 0 saturated heterocycles. The number of alkyl halides is 105. The van der Waals surface area contributed by atoms with Crippen molar-refractivity contribution >= 4 is 1220 Å². The Hall–Kier alpha value is 30.4. The summed E-state index contributed by atoms with van der Waals surface area (Å²) < 4.78 is -27.0. The molecule has 922 valence electrons. The number of halogens is 105. The van der Waals surface area contributed by atoms with Gasteiger partial charge >= 0.3 is 0 Å². The topological polar surface area (TPSA) is 20.2 Å². The van der Waals surface area contributed by atoms with Crippen molar-refractivity contribution in [1.29, 1.82) is 0 Å². The highest BCUT2D eigenvalue weighted by molar-refractivity contribution is 6.76. The summed E-state index contributed by atoms with van der Waals surface area (Å²) in [7, 11) is 0. The number of rotatable bonds is 0. The molecule has 0 spiro atoms. The maximum Gasteiger partial charge on any atom is 0.213 e. The zero-order valence-electron chi connectivity index (χ0n) is 61.0. The van der Waals surface area contributed by atoms with E-state index >= 15 is 0 Å².